The second-order valence-electron chi connectivity index (χ2n) is 6.26. The van der Waals surface area contributed by atoms with Crippen molar-refractivity contribution in [3.8, 4) is 0 Å². The number of carbonyl (C=O) groups excluding carboxylic acids is 2. The molecule has 152 valence electrons. The van der Waals surface area contributed by atoms with E-state index in [1.807, 2.05) is 13.0 Å². The summed E-state index contributed by atoms with van der Waals surface area (Å²) in [4.78, 5) is 36.2. The Kier molecular flexibility index (Phi) is 6.63. The molecule has 0 saturated carbocycles. The minimum absolute atomic E-state index is 0.0746. The van der Waals surface area contributed by atoms with Crippen molar-refractivity contribution in [3.05, 3.63) is 76.9 Å². The second kappa shape index (κ2) is 9.35. The molecule has 3 rings (SSSR count). The Morgan fingerprint density at radius 1 is 1.07 bits per heavy atom. The number of Topliss-reactive ketones (excluding diaryl/α,β-unsaturated/α-hetero) is 2. The van der Waals surface area contributed by atoms with Crippen LogP contribution < -0.4 is 5.32 Å². The van der Waals surface area contributed by atoms with Crippen molar-refractivity contribution >= 4 is 11.6 Å². The van der Waals surface area contributed by atoms with Crippen LogP contribution in [0.4, 0.5) is 8.96 Å². The first-order valence-electron chi connectivity index (χ1n) is 9.08. The molecular formula is C20H20F2N4O3. The molecule has 1 aromatic carbocycles. The molecule has 0 unspecified atom stereocenters. The summed E-state index contributed by atoms with van der Waals surface area (Å²) in [6, 6.07) is 10.2. The highest BCUT2D eigenvalue weighted by Gasteiger charge is 2.34. The lowest BCUT2D eigenvalue weighted by atomic mass is 9.89. The van der Waals surface area contributed by atoms with E-state index in [4.69, 9.17) is 0 Å². The molecule has 1 aliphatic carbocycles. The Morgan fingerprint density at radius 3 is 2.41 bits per heavy atom. The van der Waals surface area contributed by atoms with E-state index in [1.54, 1.807) is 47.6 Å². The van der Waals surface area contributed by atoms with Gasteiger partial charge in [0.2, 0.25) is 11.6 Å². The van der Waals surface area contributed by atoms with Gasteiger partial charge in [0.15, 0.2) is 5.51 Å². The smallest absolute Gasteiger partial charge is 0.212 e. The number of aromatic nitrogens is 1. The summed E-state index contributed by atoms with van der Waals surface area (Å²) in [5.74, 6) is -0.663. The first-order chi connectivity index (χ1) is 14.0. The number of nitrogens with zero attached hydrogens (tertiary/aromatic N) is 3. The molecule has 29 heavy (non-hydrogen) atoms. The minimum atomic E-state index is -1.40. The number of pyridine rings is 1. The van der Waals surface area contributed by atoms with Crippen molar-refractivity contribution in [2.24, 2.45) is 0 Å². The number of hydrogen-bond acceptors (Lipinski definition) is 7. The van der Waals surface area contributed by atoms with Gasteiger partial charge in [-0.05, 0) is 18.6 Å². The zero-order valence-corrected chi connectivity index (χ0v) is 15.8. The lowest BCUT2D eigenvalue weighted by Crippen LogP contribution is -2.39. The number of rotatable bonds is 9. The third-order valence-electron chi connectivity index (χ3n) is 4.48. The van der Waals surface area contributed by atoms with Crippen LogP contribution in [0.15, 0.2) is 60.2 Å². The normalized spacial score (nSPS) is 13.7. The van der Waals surface area contributed by atoms with Gasteiger partial charge in [-0.1, -0.05) is 39.3 Å². The second-order valence-corrected chi connectivity index (χ2v) is 6.26. The summed E-state index contributed by atoms with van der Waals surface area (Å²) < 4.78 is 24.1. The number of allylic oxidation sites excluding steroid dienone is 2. The summed E-state index contributed by atoms with van der Waals surface area (Å²) in [5, 5.41) is 2.82. The molecule has 1 aliphatic rings. The number of hydrogen-bond donors (Lipinski definition) is 1. The van der Waals surface area contributed by atoms with Crippen molar-refractivity contribution in [1.82, 2.24) is 20.7 Å². The van der Waals surface area contributed by atoms with Crippen LogP contribution in [-0.2, 0) is 11.4 Å². The Labute approximate surface area is 166 Å². The lowest BCUT2D eigenvalue weighted by molar-refractivity contribution is -0.390. The summed E-state index contributed by atoms with van der Waals surface area (Å²) in [6.07, 6.45) is 3.33. The van der Waals surface area contributed by atoms with Gasteiger partial charge >= 0.3 is 0 Å². The van der Waals surface area contributed by atoms with Gasteiger partial charge in [0.25, 0.3) is 0 Å². The summed E-state index contributed by atoms with van der Waals surface area (Å²) in [6.45, 7) is 2.24. The fraction of sp³-hybridized carbons (Fsp3) is 0.250. The van der Waals surface area contributed by atoms with E-state index in [9.17, 15) is 18.6 Å². The van der Waals surface area contributed by atoms with Crippen LogP contribution in [0.1, 0.15) is 33.2 Å². The summed E-state index contributed by atoms with van der Waals surface area (Å²) in [5.41, 5.74) is 0.345. The monoisotopic (exact) mass is 402 g/mol. The number of likely N-dealkylation sites (N-methyl/N-ethyl adjacent to an activating group) is 1. The molecule has 0 atom stereocenters. The highest BCUT2D eigenvalue weighted by molar-refractivity contribution is 6.26. The molecule has 1 aromatic heterocycles. The minimum Gasteiger partial charge on any atom is -0.378 e. The van der Waals surface area contributed by atoms with Gasteiger partial charge in [0.1, 0.15) is 11.4 Å². The van der Waals surface area contributed by atoms with E-state index in [0.717, 1.165) is 5.56 Å². The molecule has 0 bridgehead atoms. The first-order valence-corrected chi connectivity index (χ1v) is 9.08. The van der Waals surface area contributed by atoms with Gasteiger partial charge in [-0.3, -0.25) is 14.6 Å². The van der Waals surface area contributed by atoms with Gasteiger partial charge < -0.3 is 10.2 Å². The predicted molar refractivity (Wildman–Crippen MR) is 100 cm³/mol. The molecule has 0 spiro atoms. The average molecular weight is 402 g/mol. The largest absolute Gasteiger partial charge is 0.378 e. The molecule has 9 heteroatoms. The molecular weight excluding hydrogens is 382 g/mol. The fourth-order valence-electron chi connectivity index (χ4n) is 3.18. The van der Waals surface area contributed by atoms with Crippen LogP contribution in [0.25, 0.3) is 0 Å². The van der Waals surface area contributed by atoms with E-state index >= 15 is 0 Å². The molecule has 7 nitrogen and oxygen atoms in total. The van der Waals surface area contributed by atoms with Gasteiger partial charge in [-0.15, -0.1) is 0 Å². The van der Waals surface area contributed by atoms with E-state index < -0.39 is 5.51 Å². The van der Waals surface area contributed by atoms with Crippen molar-refractivity contribution in [1.29, 1.82) is 0 Å². The number of carbonyl (C=O) groups is 2. The summed E-state index contributed by atoms with van der Waals surface area (Å²) >= 11 is 0. The molecule has 0 fully saturated rings. The van der Waals surface area contributed by atoms with Crippen molar-refractivity contribution in [2.45, 2.75) is 13.5 Å². The number of ketones is 2. The summed E-state index contributed by atoms with van der Waals surface area (Å²) in [7, 11) is 0. The first kappa shape index (κ1) is 20.6. The molecule has 0 saturated heterocycles. The van der Waals surface area contributed by atoms with E-state index in [2.05, 4.69) is 15.1 Å². The maximum absolute atomic E-state index is 13.2. The highest BCUT2D eigenvalue weighted by atomic mass is 19.4. The van der Waals surface area contributed by atoms with Crippen molar-refractivity contribution in [3.63, 3.8) is 0 Å². The van der Waals surface area contributed by atoms with Gasteiger partial charge in [0.05, 0.1) is 6.61 Å². The topological polar surface area (TPSA) is 74.8 Å². The molecule has 0 amide bonds. The van der Waals surface area contributed by atoms with Gasteiger partial charge in [-0.25, -0.2) is 4.84 Å². The quantitative estimate of drug-likeness (QED) is 0.393. The van der Waals surface area contributed by atoms with Crippen LogP contribution in [-0.4, -0.2) is 46.7 Å². The molecule has 2 aromatic rings. The maximum atomic E-state index is 13.2. The maximum Gasteiger partial charge on any atom is 0.212 e. The third-order valence-corrected chi connectivity index (χ3v) is 4.48. The van der Waals surface area contributed by atoms with E-state index in [1.165, 1.54) is 0 Å². The predicted octanol–water partition coefficient (Wildman–Crippen LogP) is 2.79. The van der Waals surface area contributed by atoms with Crippen LogP contribution in [0, 0.1) is 0 Å². The third kappa shape index (κ3) is 4.64. The number of fused-ring (bicyclic) bond motifs is 1. The average Bonchev–Trinajstić information content (AvgIpc) is 2.73. The van der Waals surface area contributed by atoms with Crippen LogP contribution >= 0.6 is 0 Å². The number of nitrogens with one attached hydrogen (secondary N) is 1. The zero-order valence-electron chi connectivity index (χ0n) is 15.8. The van der Waals surface area contributed by atoms with Crippen LogP contribution in [0.5, 0.6) is 0 Å². The van der Waals surface area contributed by atoms with Gasteiger partial charge in [-0.2, -0.15) is 0 Å². The Balaban J connectivity index is 1.96. The highest BCUT2D eigenvalue weighted by Crippen LogP contribution is 2.28. The lowest BCUT2D eigenvalue weighted by Gasteiger charge is -2.31. The van der Waals surface area contributed by atoms with E-state index in [-0.39, 0.29) is 41.7 Å². The molecule has 0 aliphatic heterocycles. The van der Waals surface area contributed by atoms with E-state index in [0.29, 0.717) is 18.7 Å². The Bertz CT molecular complexity index is 919. The standard InChI is InChI=1S/C20H20F2N4O3/c1-2-25(13-14-6-5-9-23-12-14)18-17(24-10-11-29-26(21)22)19(27)15-7-3-4-8-16(15)20(18)28/h3-9,12,24H,2,10-11,13H2,1H3. The molecule has 1 N–H and O–H groups in total. The van der Waals surface area contributed by atoms with Crippen molar-refractivity contribution < 1.29 is 23.4 Å². The SMILES string of the molecule is CCN(Cc1cccnc1)C1=C(NCCON(F)F)C(=O)c2ccccc2C1=O. The Hall–Kier alpha value is -3.17. The Morgan fingerprint density at radius 2 is 1.79 bits per heavy atom. The van der Waals surface area contributed by atoms with Crippen LogP contribution in [0.2, 0.25) is 0 Å². The fourth-order valence-corrected chi connectivity index (χ4v) is 3.18. The van der Waals surface area contributed by atoms with Crippen LogP contribution in [0.3, 0.4) is 0 Å². The number of halogens is 2. The number of benzene rings is 1. The van der Waals surface area contributed by atoms with Gasteiger partial charge in [0, 0.05) is 43.2 Å². The molecule has 1 heterocycles. The molecule has 0 radical (unpaired) electrons. The van der Waals surface area contributed by atoms with Crippen molar-refractivity contribution in [2.75, 3.05) is 19.7 Å². The zero-order chi connectivity index (χ0) is 20.8.